The Labute approximate surface area is 124 Å². The number of hydrogen-bond donors (Lipinski definition) is 2. The fraction of sp³-hybridized carbons (Fsp3) is 0.357. The van der Waals surface area contributed by atoms with E-state index in [-0.39, 0.29) is 11.7 Å². The standard InChI is InChI=1S/C14H15FN2OS2/c15-9-1-2-11-10(5-9)12(16)13(20-11)14(18)17-6-8-3-4-19-7-8/h1-2,5,8H,3-4,6-7,16H2,(H,17,18). The van der Waals surface area contributed by atoms with Crippen LogP contribution in [0.25, 0.3) is 10.1 Å². The van der Waals surface area contributed by atoms with Gasteiger partial charge in [0.1, 0.15) is 10.7 Å². The lowest BCUT2D eigenvalue weighted by Crippen LogP contribution is -2.29. The van der Waals surface area contributed by atoms with Gasteiger partial charge in [0, 0.05) is 16.6 Å². The van der Waals surface area contributed by atoms with Crippen molar-refractivity contribution in [3.8, 4) is 0 Å². The number of thioether (sulfide) groups is 1. The smallest absolute Gasteiger partial charge is 0.263 e. The van der Waals surface area contributed by atoms with Crippen LogP contribution in [0.2, 0.25) is 0 Å². The first kappa shape index (κ1) is 13.7. The van der Waals surface area contributed by atoms with Gasteiger partial charge in [-0.15, -0.1) is 11.3 Å². The van der Waals surface area contributed by atoms with Crippen LogP contribution in [0.4, 0.5) is 10.1 Å². The lowest BCUT2D eigenvalue weighted by Gasteiger charge is -2.09. The Morgan fingerprint density at radius 2 is 2.35 bits per heavy atom. The van der Waals surface area contributed by atoms with Crippen molar-refractivity contribution < 1.29 is 9.18 Å². The fourth-order valence-corrected chi connectivity index (χ4v) is 4.62. The summed E-state index contributed by atoms with van der Waals surface area (Å²) < 4.78 is 14.1. The summed E-state index contributed by atoms with van der Waals surface area (Å²) in [6.45, 7) is 0.688. The topological polar surface area (TPSA) is 55.1 Å². The summed E-state index contributed by atoms with van der Waals surface area (Å²) in [4.78, 5) is 12.7. The largest absolute Gasteiger partial charge is 0.397 e. The number of benzene rings is 1. The van der Waals surface area contributed by atoms with Gasteiger partial charge in [0.15, 0.2) is 0 Å². The van der Waals surface area contributed by atoms with Crippen LogP contribution in [0.15, 0.2) is 18.2 Å². The summed E-state index contributed by atoms with van der Waals surface area (Å²) in [6, 6.07) is 4.43. The molecule has 1 aromatic carbocycles. The zero-order valence-electron chi connectivity index (χ0n) is 10.8. The summed E-state index contributed by atoms with van der Waals surface area (Å²) in [6.07, 6.45) is 1.15. The molecule has 1 amide bonds. The van der Waals surface area contributed by atoms with Crippen LogP contribution in [0.1, 0.15) is 16.1 Å². The van der Waals surface area contributed by atoms with Crippen LogP contribution in [-0.2, 0) is 0 Å². The number of hydrogen-bond acceptors (Lipinski definition) is 4. The summed E-state index contributed by atoms with van der Waals surface area (Å²) in [7, 11) is 0. The Kier molecular flexibility index (Phi) is 3.85. The lowest BCUT2D eigenvalue weighted by molar-refractivity contribution is 0.0953. The van der Waals surface area contributed by atoms with Crippen molar-refractivity contribution in [2.75, 3.05) is 23.8 Å². The number of anilines is 1. The molecule has 0 radical (unpaired) electrons. The minimum Gasteiger partial charge on any atom is -0.397 e. The number of rotatable bonds is 3. The van der Waals surface area contributed by atoms with Gasteiger partial charge >= 0.3 is 0 Å². The molecule has 1 saturated heterocycles. The molecular weight excluding hydrogens is 295 g/mol. The molecule has 3 rings (SSSR count). The van der Waals surface area contributed by atoms with Crippen LogP contribution >= 0.6 is 23.1 Å². The van der Waals surface area contributed by atoms with Gasteiger partial charge in [-0.25, -0.2) is 4.39 Å². The first-order chi connectivity index (χ1) is 9.65. The maximum Gasteiger partial charge on any atom is 0.263 e. The minimum absolute atomic E-state index is 0.152. The summed E-state index contributed by atoms with van der Waals surface area (Å²) in [5.41, 5.74) is 6.35. The molecule has 1 fully saturated rings. The number of halogens is 1. The predicted molar refractivity (Wildman–Crippen MR) is 84.0 cm³/mol. The number of amides is 1. The van der Waals surface area contributed by atoms with Gasteiger partial charge in [0.25, 0.3) is 5.91 Å². The zero-order chi connectivity index (χ0) is 14.1. The number of thiophene rings is 1. The Morgan fingerprint density at radius 3 is 3.10 bits per heavy atom. The molecule has 3 N–H and O–H groups in total. The molecule has 6 heteroatoms. The van der Waals surface area contributed by atoms with E-state index in [1.807, 2.05) is 11.8 Å². The molecule has 2 heterocycles. The lowest BCUT2D eigenvalue weighted by atomic mass is 10.1. The molecule has 0 bridgehead atoms. The van der Waals surface area contributed by atoms with Gasteiger partial charge < -0.3 is 11.1 Å². The second-order valence-electron chi connectivity index (χ2n) is 4.92. The number of nitrogens with one attached hydrogen (secondary N) is 1. The van der Waals surface area contributed by atoms with Crippen molar-refractivity contribution in [3.63, 3.8) is 0 Å². The maximum atomic E-state index is 13.2. The second kappa shape index (κ2) is 5.61. The Hall–Kier alpha value is -1.27. The van der Waals surface area contributed by atoms with Crippen molar-refractivity contribution in [1.82, 2.24) is 5.32 Å². The quantitative estimate of drug-likeness (QED) is 0.916. The minimum atomic E-state index is -0.336. The Bertz CT molecular complexity index is 650. The van der Waals surface area contributed by atoms with Gasteiger partial charge in [-0.2, -0.15) is 11.8 Å². The van der Waals surface area contributed by atoms with E-state index < -0.39 is 0 Å². The fourth-order valence-electron chi connectivity index (χ4n) is 2.32. The van der Waals surface area contributed by atoms with Crippen LogP contribution in [0.3, 0.4) is 0 Å². The van der Waals surface area contributed by atoms with Gasteiger partial charge in [0.05, 0.1) is 5.69 Å². The second-order valence-corrected chi connectivity index (χ2v) is 7.13. The number of carbonyl (C=O) groups excluding carboxylic acids is 1. The molecule has 1 aromatic heterocycles. The highest BCUT2D eigenvalue weighted by atomic mass is 32.2. The molecule has 3 nitrogen and oxygen atoms in total. The Balaban J connectivity index is 1.78. The van der Waals surface area contributed by atoms with Crippen LogP contribution in [0, 0.1) is 11.7 Å². The van der Waals surface area contributed by atoms with E-state index in [1.165, 1.54) is 29.2 Å². The molecule has 0 aliphatic carbocycles. The summed E-state index contributed by atoms with van der Waals surface area (Å²) in [5.74, 6) is 2.34. The van der Waals surface area contributed by atoms with E-state index in [9.17, 15) is 9.18 Å². The average molecular weight is 310 g/mol. The van der Waals surface area contributed by atoms with Crippen molar-refractivity contribution in [1.29, 1.82) is 0 Å². The SMILES string of the molecule is Nc1c(C(=O)NCC2CCSC2)sc2ccc(F)cc12. The van der Waals surface area contributed by atoms with E-state index in [0.29, 0.717) is 28.4 Å². The van der Waals surface area contributed by atoms with Crippen molar-refractivity contribution in [2.24, 2.45) is 5.92 Å². The predicted octanol–water partition coefficient (Wildman–Crippen LogP) is 3.11. The van der Waals surface area contributed by atoms with Crippen LogP contribution in [0.5, 0.6) is 0 Å². The van der Waals surface area contributed by atoms with Crippen molar-refractivity contribution in [2.45, 2.75) is 6.42 Å². The highest BCUT2D eigenvalue weighted by molar-refractivity contribution is 7.99. The van der Waals surface area contributed by atoms with Gasteiger partial charge in [0.2, 0.25) is 0 Å². The average Bonchev–Trinajstić information content (AvgIpc) is 3.05. The normalized spacial score (nSPS) is 18.6. The van der Waals surface area contributed by atoms with Crippen LogP contribution < -0.4 is 11.1 Å². The molecule has 1 aliphatic heterocycles. The molecule has 2 aromatic rings. The number of nitrogens with two attached hydrogens (primary N) is 1. The highest BCUT2D eigenvalue weighted by Gasteiger charge is 2.20. The van der Waals surface area contributed by atoms with Gasteiger partial charge in [-0.05, 0) is 42.0 Å². The Morgan fingerprint density at radius 1 is 1.50 bits per heavy atom. The number of carbonyl (C=O) groups is 1. The van der Waals surface area contributed by atoms with E-state index in [2.05, 4.69) is 5.32 Å². The van der Waals surface area contributed by atoms with E-state index in [0.717, 1.165) is 16.9 Å². The molecule has 106 valence electrons. The zero-order valence-corrected chi connectivity index (χ0v) is 12.5. The molecule has 1 atom stereocenters. The van der Waals surface area contributed by atoms with Crippen molar-refractivity contribution >= 4 is 44.8 Å². The van der Waals surface area contributed by atoms with E-state index in [4.69, 9.17) is 5.73 Å². The first-order valence-corrected chi connectivity index (χ1v) is 8.45. The highest BCUT2D eigenvalue weighted by Crippen LogP contribution is 2.34. The van der Waals surface area contributed by atoms with E-state index in [1.54, 1.807) is 6.07 Å². The molecule has 20 heavy (non-hydrogen) atoms. The third-order valence-corrected chi connectivity index (χ3v) is 5.89. The maximum absolute atomic E-state index is 13.2. The van der Waals surface area contributed by atoms with Crippen molar-refractivity contribution in [3.05, 3.63) is 28.9 Å². The third-order valence-electron chi connectivity index (χ3n) is 3.47. The molecule has 1 unspecified atom stereocenters. The van der Waals surface area contributed by atoms with Gasteiger partial charge in [-0.1, -0.05) is 0 Å². The van der Waals surface area contributed by atoms with Gasteiger partial charge in [-0.3, -0.25) is 4.79 Å². The summed E-state index contributed by atoms with van der Waals surface area (Å²) in [5, 5.41) is 3.56. The third kappa shape index (κ3) is 2.62. The first-order valence-electron chi connectivity index (χ1n) is 6.48. The molecule has 0 spiro atoms. The summed E-state index contributed by atoms with van der Waals surface area (Å²) >= 11 is 3.24. The molecule has 1 aliphatic rings. The van der Waals surface area contributed by atoms with Crippen LogP contribution in [-0.4, -0.2) is 24.0 Å². The number of nitrogen functional groups attached to an aromatic ring is 1. The van der Waals surface area contributed by atoms with E-state index >= 15 is 0 Å². The molecular formula is C14H15FN2OS2. The molecule has 0 saturated carbocycles. The monoisotopic (exact) mass is 310 g/mol. The number of fused-ring (bicyclic) bond motifs is 1.